The second-order valence-corrected chi connectivity index (χ2v) is 5.75. The first kappa shape index (κ1) is 12.7. The molecule has 3 rings (SSSR count). The van der Waals surface area contributed by atoms with Crippen molar-refractivity contribution in [3.05, 3.63) is 41.3 Å². The van der Waals surface area contributed by atoms with Gasteiger partial charge in [-0.15, -0.1) is 0 Å². The molecule has 2 aromatic rings. The van der Waals surface area contributed by atoms with Crippen LogP contribution in [-0.4, -0.2) is 16.0 Å². The maximum Gasteiger partial charge on any atom is 0.109 e. The molecule has 3 nitrogen and oxygen atoms in total. The normalized spacial score (nSPS) is 23.5. The highest BCUT2D eigenvalue weighted by Gasteiger charge is 2.23. The maximum absolute atomic E-state index is 6.04. The molecule has 1 aliphatic rings. The van der Waals surface area contributed by atoms with Gasteiger partial charge in [-0.05, 0) is 31.4 Å². The molecule has 0 saturated heterocycles. The van der Waals surface area contributed by atoms with Gasteiger partial charge >= 0.3 is 0 Å². The first-order valence-electron chi connectivity index (χ1n) is 6.79. The lowest BCUT2D eigenvalue weighted by Crippen LogP contribution is -2.27. The number of nitrogens with one attached hydrogen (secondary N) is 1. The van der Waals surface area contributed by atoms with Gasteiger partial charge in [0, 0.05) is 22.5 Å². The van der Waals surface area contributed by atoms with Crippen LogP contribution >= 0.6 is 11.6 Å². The van der Waals surface area contributed by atoms with Gasteiger partial charge in [-0.2, -0.15) is 0 Å². The number of halogens is 1. The number of imidazole rings is 1. The zero-order valence-electron chi connectivity index (χ0n) is 10.8. The standard InChI is InChI=1S/C15H18ClN3/c16-12-5-1-3-10(7-12)14-9-18-15(19-14)11-4-2-6-13(17)8-11/h1,3,5,7,9,11,13H,2,4,6,8,17H2,(H,18,19). The summed E-state index contributed by atoms with van der Waals surface area (Å²) in [6.07, 6.45) is 6.43. The highest BCUT2D eigenvalue weighted by atomic mass is 35.5. The third-order valence-electron chi connectivity index (χ3n) is 3.83. The molecular weight excluding hydrogens is 258 g/mol. The lowest BCUT2D eigenvalue weighted by Gasteiger charge is -2.24. The predicted octanol–water partition coefficient (Wildman–Crippen LogP) is 3.72. The topological polar surface area (TPSA) is 54.7 Å². The Labute approximate surface area is 118 Å². The summed E-state index contributed by atoms with van der Waals surface area (Å²) in [5.74, 6) is 1.53. The molecule has 1 saturated carbocycles. The van der Waals surface area contributed by atoms with E-state index >= 15 is 0 Å². The van der Waals surface area contributed by atoms with Crippen LogP contribution in [0.3, 0.4) is 0 Å². The molecule has 0 spiro atoms. The van der Waals surface area contributed by atoms with Crippen molar-refractivity contribution < 1.29 is 0 Å². The molecule has 0 amide bonds. The van der Waals surface area contributed by atoms with Crippen LogP contribution in [0.1, 0.15) is 37.4 Å². The monoisotopic (exact) mass is 275 g/mol. The summed E-state index contributed by atoms with van der Waals surface area (Å²) >= 11 is 6.02. The van der Waals surface area contributed by atoms with E-state index in [-0.39, 0.29) is 0 Å². The molecule has 1 aliphatic carbocycles. The van der Waals surface area contributed by atoms with Gasteiger partial charge in [0.2, 0.25) is 0 Å². The molecule has 0 bridgehead atoms. The summed E-state index contributed by atoms with van der Waals surface area (Å²) in [4.78, 5) is 7.95. The number of aromatic nitrogens is 2. The fourth-order valence-electron chi connectivity index (χ4n) is 2.82. The van der Waals surface area contributed by atoms with E-state index < -0.39 is 0 Å². The van der Waals surface area contributed by atoms with Crippen LogP contribution < -0.4 is 5.73 Å². The van der Waals surface area contributed by atoms with Crippen LogP contribution in [0.4, 0.5) is 0 Å². The van der Waals surface area contributed by atoms with Crippen molar-refractivity contribution in [3.8, 4) is 11.3 Å². The second-order valence-electron chi connectivity index (χ2n) is 5.32. The van der Waals surface area contributed by atoms with Gasteiger partial charge in [0.05, 0.1) is 11.9 Å². The number of aromatic amines is 1. The van der Waals surface area contributed by atoms with Crippen molar-refractivity contribution in [1.82, 2.24) is 9.97 Å². The van der Waals surface area contributed by atoms with Gasteiger partial charge in [-0.25, -0.2) is 4.98 Å². The molecule has 1 heterocycles. The fourth-order valence-corrected chi connectivity index (χ4v) is 3.01. The molecule has 19 heavy (non-hydrogen) atoms. The van der Waals surface area contributed by atoms with Gasteiger partial charge in [0.1, 0.15) is 5.82 Å². The molecule has 0 aliphatic heterocycles. The van der Waals surface area contributed by atoms with Gasteiger partial charge in [0.15, 0.2) is 0 Å². The average molecular weight is 276 g/mol. The molecule has 100 valence electrons. The number of nitrogens with two attached hydrogens (primary N) is 1. The summed E-state index contributed by atoms with van der Waals surface area (Å²) in [6.45, 7) is 0. The predicted molar refractivity (Wildman–Crippen MR) is 78.2 cm³/mol. The average Bonchev–Trinajstić information content (AvgIpc) is 2.88. The van der Waals surface area contributed by atoms with Crippen LogP contribution in [0, 0.1) is 0 Å². The Balaban J connectivity index is 1.83. The van der Waals surface area contributed by atoms with E-state index in [1.165, 1.54) is 12.8 Å². The Morgan fingerprint density at radius 1 is 1.32 bits per heavy atom. The van der Waals surface area contributed by atoms with Crippen molar-refractivity contribution in [1.29, 1.82) is 0 Å². The molecule has 0 radical (unpaired) electrons. The van der Waals surface area contributed by atoms with Crippen LogP contribution in [0.5, 0.6) is 0 Å². The Morgan fingerprint density at radius 2 is 2.21 bits per heavy atom. The minimum Gasteiger partial charge on any atom is -0.342 e. The summed E-state index contributed by atoms with van der Waals surface area (Å²) in [6, 6.07) is 8.14. The van der Waals surface area contributed by atoms with E-state index in [9.17, 15) is 0 Å². The minimum atomic E-state index is 0.318. The van der Waals surface area contributed by atoms with Crippen LogP contribution in [-0.2, 0) is 0 Å². The number of hydrogen-bond donors (Lipinski definition) is 2. The highest BCUT2D eigenvalue weighted by molar-refractivity contribution is 6.30. The minimum absolute atomic E-state index is 0.318. The molecular formula is C15H18ClN3. The lowest BCUT2D eigenvalue weighted by atomic mass is 9.86. The molecule has 2 atom stereocenters. The van der Waals surface area contributed by atoms with E-state index in [0.29, 0.717) is 12.0 Å². The SMILES string of the molecule is NC1CCCC(c2ncc(-c3cccc(Cl)c3)[nH]2)C1. The van der Waals surface area contributed by atoms with Gasteiger partial charge < -0.3 is 10.7 Å². The van der Waals surface area contributed by atoms with Crippen molar-refractivity contribution >= 4 is 11.6 Å². The molecule has 3 N–H and O–H groups in total. The number of nitrogens with zero attached hydrogens (tertiary/aromatic N) is 1. The first-order valence-corrected chi connectivity index (χ1v) is 7.16. The summed E-state index contributed by atoms with van der Waals surface area (Å²) < 4.78 is 0. The third-order valence-corrected chi connectivity index (χ3v) is 4.07. The number of benzene rings is 1. The fraction of sp³-hybridized carbons (Fsp3) is 0.400. The molecule has 4 heteroatoms. The molecule has 2 unspecified atom stereocenters. The largest absolute Gasteiger partial charge is 0.342 e. The Morgan fingerprint density at radius 3 is 3.00 bits per heavy atom. The number of H-pyrrole nitrogens is 1. The van der Waals surface area contributed by atoms with Crippen LogP contribution in [0.15, 0.2) is 30.5 Å². The summed E-state index contributed by atoms with van der Waals surface area (Å²) in [5.41, 5.74) is 8.14. The van der Waals surface area contributed by atoms with E-state index in [1.54, 1.807) is 0 Å². The summed E-state index contributed by atoms with van der Waals surface area (Å²) in [5, 5.41) is 0.744. The van der Waals surface area contributed by atoms with Gasteiger partial charge in [-0.3, -0.25) is 0 Å². The van der Waals surface area contributed by atoms with Gasteiger partial charge in [-0.1, -0.05) is 30.2 Å². The quantitative estimate of drug-likeness (QED) is 0.878. The highest BCUT2D eigenvalue weighted by Crippen LogP contribution is 2.31. The number of rotatable bonds is 2. The second kappa shape index (κ2) is 5.35. The van der Waals surface area contributed by atoms with E-state index in [1.807, 2.05) is 30.5 Å². The number of hydrogen-bond acceptors (Lipinski definition) is 2. The molecule has 1 aromatic heterocycles. The van der Waals surface area contributed by atoms with E-state index in [4.69, 9.17) is 17.3 Å². The summed E-state index contributed by atoms with van der Waals surface area (Å²) in [7, 11) is 0. The molecule has 1 fully saturated rings. The van der Waals surface area contributed by atoms with Crippen molar-refractivity contribution in [2.24, 2.45) is 5.73 Å². The Bertz CT molecular complexity index is 564. The van der Waals surface area contributed by atoms with Crippen LogP contribution in [0.25, 0.3) is 11.3 Å². The smallest absolute Gasteiger partial charge is 0.109 e. The Kier molecular flexibility index (Phi) is 3.58. The van der Waals surface area contributed by atoms with E-state index in [2.05, 4.69) is 9.97 Å². The lowest BCUT2D eigenvalue weighted by molar-refractivity contribution is 0.383. The maximum atomic E-state index is 6.04. The zero-order chi connectivity index (χ0) is 13.2. The Hall–Kier alpha value is -1.32. The van der Waals surface area contributed by atoms with E-state index in [0.717, 1.165) is 34.9 Å². The van der Waals surface area contributed by atoms with Crippen molar-refractivity contribution in [2.75, 3.05) is 0 Å². The zero-order valence-corrected chi connectivity index (χ0v) is 11.5. The van der Waals surface area contributed by atoms with Crippen molar-refractivity contribution in [3.63, 3.8) is 0 Å². The first-order chi connectivity index (χ1) is 9.22. The van der Waals surface area contributed by atoms with Gasteiger partial charge in [0.25, 0.3) is 0 Å². The molecule has 1 aromatic carbocycles. The van der Waals surface area contributed by atoms with Crippen molar-refractivity contribution in [2.45, 2.75) is 37.6 Å². The third kappa shape index (κ3) is 2.82. The van der Waals surface area contributed by atoms with Crippen LogP contribution in [0.2, 0.25) is 5.02 Å².